The van der Waals surface area contributed by atoms with Gasteiger partial charge in [0.25, 0.3) is 0 Å². The van der Waals surface area contributed by atoms with Gasteiger partial charge in [-0.25, -0.2) is 0 Å². The molecule has 0 aromatic carbocycles. The first kappa shape index (κ1) is 11.0. The Balaban J connectivity index is 2.23. The zero-order chi connectivity index (χ0) is 9.68. The SMILES string of the molecule is CCCCOC1CCC[C@@H](C)[C@H]1O. The average Bonchev–Trinajstić information content (AvgIpc) is 2.13. The lowest BCUT2D eigenvalue weighted by Gasteiger charge is -2.32. The molecule has 1 rings (SSSR count). The third kappa shape index (κ3) is 3.28. The fourth-order valence-corrected chi connectivity index (χ4v) is 1.91. The Morgan fingerprint density at radius 3 is 2.85 bits per heavy atom. The highest BCUT2D eigenvalue weighted by Crippen LogP contribution is 2.26. The van der Waals surface area contributed by atoms with E-state index in [-0.39, 0.29) is 12.2 Å². The Morgan fingerprint density at radius 2 is 2.15 bits per heavy atom. The fourth-order valence-electron chi connectivity index (χ4n) is 1.91. The molecular weight excluding hydrogens is 164 g/mol. The van der Waals surface area contributed by atoms with E-state index >= 15 is 0 Å². The van der Waals surface area contributed by atoms with Crippen LogP contribution in [0.25, 0.3) is 0 Å². The molecule has 1 aliphatic rings. The molecule has 0 aromatic rings. The van der Waals surface area contributed by atoms with Gasteiger partial charge in [-0.15, -0.1) is 0 Å². The third-order valence-corrected chi connectivity index (χ3v) is 2.94. The van der Waals surface area contributed by atoms with Gasteiger partial charge in [0.05, 0.1) is 12.2 Å². The maximum absolute atomic E-state index is 9.81. The van der Waals surface area contributed by atoms with E-state index in [9.17, 15) is 5.11 Å². The van der Waals surface area contributed by atoms with Crippen LogP contribution in [0.4, 0.5) is 0 Å². The van der Waals surface area contributed by atoms with E-state index in [1.807, 2.05) is 0 Å². The maximum atomic E-state index is 9.81. The number of unbranched alkanes of at least 4 members (excludes halogenated alkanes) is 1. The number of ether oxygens (including phenoxy) is 1. The van der Waals surface area contributed by atoms with Crippen LogP contribution in [-0.4, -0.2) is 23.9 Å². The van der Waals surface area contributed by atoms with Crippen LogP contribution in [0.3, 0.4) is 0 Å². The number of hydrogen-bond donors (Lipinski definition) is 1. The average molecular weight is 186 g/mol. The van der Waals surface area contributed by atoms with Crippen LogP contribution in [0, 0.1) is 5.92 Å². The van der Waals surface area contributed by atoms with Crippen LogP contribution in [0.15, 0.2) is 0 Å². The van der Waals surface area contributed by atoms with Crippen molar-refractivity contribution in [3.05, 3.63) is 0 Å². The van der Waals surface area contributed by atoms with E-state index in [1.165, 1.54) is 12.8 Å². The molecule has 13 heavy (non-hydrogen) atoms. The van der Waals surface area contributed by atoms with Gasteiger partial charge in [-0.3, -0.25) is 0 Å². The second kappa shape index (κ2) is 5.61. The molecule has 0 bridgehead atoms. The summed E-state index contributed by atoms with van der Waals surface area (Å²) in [6.07, 6.45) is 5.54. The number of aliphatic hydroxyl groups excluding tert-OH is 1. The molecule has 0 aliphatic heterocycles. The standard InChI is InChI=1S/C11H22O2/c1-3-4-8-13-10-7-5-6-9(2)11(10)12/h9-12H,3-8H2,1-2H3/t9-,10?,11-/m1/s1. The summed E-state index contributed by atoms with van der Waals surface area (Å²) in [5.74, 6) is 0.417. The van der Waals surface area contributed by atoms with Crippen LogP contribution in [0.2, 0.25) is 0 Å². The molecule has 0 heterocycles. The van der Waals surface area contributed by atoms with Crippen molar-refractivity contribution in [2.75, 3.05) is 6.61 Å². The molecule has 2 heteroatoms. The van der Waals surface area contributed by atoms with Gasteiger partial charge in [0.15, 0.2) is 0 Å². The smallest absolute Gasteiger partial charge is 0.0836 e. The Hall–Kier alpha value is -0.0800. The lowest BCUT2D eigenvalue weighted by Crippen LogP contribution is -2.38. The molecule has 2 nitrogen and oxygen atoms in total. The van der Waals surface area contributed by atoms with Crippen LogP contribution in [-0.2, 0) is 4.74 Å². The van der Waals surface area contributed by atoms with Crippen LogP contribution < -0.4 is 0 Å². The summed E-state index contributed by atoms with van der Waals surface area (Å²) in [7, 11) is 0. The first-order valence-electron chi connectivity index (χ1n) is 5.55. The van der Waals surface area contributed by atoms with Crippen molar-refractivity contribution in [1.82, 2.24) is 0 Å². The molecule has 1 saturated carbocycles. The molecule has 1 N–H and O–H groups in total. The molecule has 0 amide bonds. The molecule has 3 atom stereocenters. The molecule has 0 saturated heterocycles. The summed E-state index contributed by atoms with van der Waals surface area (Å²) in [5.41, 5.74) is 0. The summed E-state index contributed by atoms with van der Waals surface area (Å²) in [6.45, 7) is 5.08. The topological polar surface area (TPSA) is 29.5 Å². The third-order valence-electron chi connectivity index (χ3n) is 2.94. The fraction of sp³-hybridized carbons (Fsp3) is 1.00. The van der Waals surface area contributed by atoms with Crippen molar-refractivity contribution in [3.8, 4) is 0 Å². The second-order valence-corrected chi connectivity index (χ2v) is 4.16. The molecule has 78 valence electrons. The second-order valence-electron chi connectivity index (χ2n) is 4.16. The summed E-state index contributed by atoms with van der Waals surface area (Å²) in [4.78, 5) is 0. The highest BCUT2D eigenvalue weighted by molar-refractivity contribution is 4.79. The van der Waals surface area contributed by atoms with Gasteiger partial charge < -0.3 is 9.84 Å². The molecule has 1 aliphatic carbocycles. The normalized spacial score (nSPS) is 34.8. The molecule has 1 fully saturated rings. The van der Waals surface area contributed by atoms with E-state index in [1.54, 1.807) is 0 Å². The van der Waals surface area contributed by atoms with E-state index in [2.05, 4.69) is 13.8 Å². The van der Waals surface area contributed by atoms with Crippen molar-refractivity contribution in [2.24, 2.45) is 5.92 Å². The van der Waals surface area contributed by atoms with Gasteiger partial charge in [0.1, 0.15) is 0 Å². The van der Waals surface area contributed by atoms with Gasteiger partial charge in [-0.05, 0) is 25.2 Å². The maximum Gasteiger partial charge on any atom is 0.0836 e. The van der Waals surface area contributed by atoms with Crippen molar-refractivity contribution < 1.29 is 9.84 Å². The van der Waals surface area contributed by atoms with Gasteiger partial charge in [0.2, 0.25) is 0 Å². The van der Waals surface area contributed by atoms with Crippen LogP contribution in [0.1, 0.15) is 46.0 Å². The number of hydrogen-bond acceptors (Lipinski definition) is 2. The van der Waals surface area contributed by atoms with Gasteiger partial charge >= 0.3 is 0 Å². The molecule has 0 aromatic heterocycles. The molecular formula is C11H22O2. The number of aliphatic hydroxyl groups is 1. The van der Waals surface area contributed by atoms with E-state index in [0.717, 1.165) is 25.9 Å². The Kier molecular flexibility index (Phi) is 4.74. The summed E-state index contributed by atoms with van der Waals surface area (Å²) >= 11 is 0. The molecule has 0 spiro atoms. The summed E-state index contributed by atoms with van der Waals surface area (Å²) < 4.78 is 5.66. The van der Waals surface area contributed by atoms with Crippen molar-refractivity contribution in [1.29, 1.82) is 0 Å². The largest absolute Gasteiger partial charge is 0.390 e. The van der Waals surface area contributed by atoms with Gasteiger partial charge in [0, 0.05) is 6.61 Å². The summed E-state index contributed by atoms with van der Waals surface area (Å²) in [5, 5.41) is 9.81. The molecule has 1 unspecified atom stereocenters. The first-order chi connectivity index (χ1) is 6.25. The van der Waals surface area contributed by atoms with Crippen LogP contribution >= 0.6 is 0 Å². The van der Waals surface area contributed by atoms with Crippen molar-refractivity contribution >= 4 is 0 Å². The van der Waals surface area contributed by atoms with Crippen molar-refractivity contribution in [3.63, 3.8) is 0 Å². The minimum Gasteiger partial charge on any atom is -0.390 e. The molecule has 0 radical (unpaired) electrons. The minimum atomic E-state index is -0.231. The predicted molar refractivity (Wildman–Crippen MR) is 53.7 cm³/mol. The zero-order valence-electron chi connectivity index (χ0n) is 8.83. The quantitative estimate of drug-likeness (QED) is 0.683. The first-order valence-corrected chi connectivity index (χ1v) is 5.55. The Morgan fingerprint density at radius 1 is 1.38 bits per heavy atom. The van der Waals surface area contributed by atoms with E-state index in [4.69, 9.17) is 4.74 Å². The number of rotatable bonds is 4. The Bertz CT molecular complexity index is 136. The summed E-state index contributed by atoms with van der Waals surface area (Å²) in [6, 6.07) is 0. The van der Waals surface area contributed by atoms with E-state index in [0.29, 0.717) is 5.92 Å². The highest BCUT2D eigenvalue weighted by atomic mass is 16.5. The van der Waals surface area contributed by atoms with Gasteiger partial charge in [-0.1, -0.05) is 26.7 Å². The van der Waals surface area contributed by atoms with E-state index < -0.39 is 0 Å². The predicted octanol–water partition coefficient (Wildman–Crippen LogP) is 2.35. The van der Waals surface area contributed by atoms with Gasteiger partial charge in [-0.2, -0.15) is 0 Å². The monoisotopic (exact) mass is 186 g/mol. The highest BCUT2D eigenvalue weighted by Gasteiger charge is 2.29. The lowest BCUT2D eigenvalue weighted by molar-refractivity contribution is -0.0811. The Labute approximate surface area is 81.3 Å². The minimum absolute atomic E-state index is 0.107. The van der Waals surface area contributed by atoms with Crippen molar-refractivity contribution in [2.45, 2.75) is 58.2 Å². The zero-order valence-corrected chi connectivity index (χ0v) is 8.83. The van der Waals surface area contributed by atoms with Crippen LogP contribution in [0.5, 0.6) is 0 Å². The lowest BCUT2D eigenvalue weighted by atomic mass is 9.86.